The Morgan fingerprint density at radius 1 is 1.41 bits per heavy atom. The number of nitrogens with one attached hydrogen (secondary N) is 1. The summed E-state index contributed by atoms with van der Waals surface area (Å²) in [5.41, 5.74) is 1.41. The van der Waals surface area contributed by atoms with E-state index in [0.717, 1.165) is 12.4 Å². The summed E-state index contributed by atoms with van der Waals surface area (Å²) in [6.45, 7) is 3.13. The average Bonchev–Trinajstić information content (AvgIpc) is 2.39. The number of benzene rings is 1. The summed E-state index contributed by atoms with van der Waals surface area (Å²) in [4.78, 5) is 0. The lowest BCUT2D eigenvalue weighted by Crippen LogP contribution is -2.21. The fraction of sp³-hybridized carbons (Fsp3) is 0.600. The van der Waals surface area contributed by atoms with Crippen molar-refractivity contribution in [3.8, 4) is 5.75 Å². The molecule has 1 aromatic carbocycles. The standard InChI is InChI=1S/C15H23NO/c1-12(16-2)6-5-7-13-10-11-17-15-9-4-3-8-14(13)15/h3-4,8-9,12-13,16H,5-7,10-11H2,1-2H3. The van der Waals surface area contributed by atoms with Crippen molar-refractivity contribution in [3.63, 3.8) is 0 Å². The van der Waals surface area contributed by atoms with Gasteiger partial charge < -0.3 is 10.1 Å². The lowest BCUT2D eigenvalue weighted by atomic mass is 9.88. The van der Waals surface area contributed by atoms with Crippen molar-refractivity contribution in [1.29, 1.82) is 0 Å². The van der Waals surface area contributed by atoms with Crippen LogP contribution in [0, 0.1) is 0 Å². The van der Waals surface area contributed by atoms with E-state index in [9.17, 15) is 0 Å². The van der Waals surface area contributed by atoms with E-state index in [2.05, 4.69) is 36.5 Å². The molecule has 2 atom stereocenters. The molecule has 17 heavy (non-hydrogen) atoms. The number of hydrogen-bond donors (Lipinski definition) is 1. The van der Waals surface area contributed by atoms with Gasteiger partial charge in [0, 0.05) is 6.04 Å². The van der Waals surface area contributed by atoms with Crippen molar-refractivity contribution in [3.05, 3.63) is 29.8 Å². The third-order valence-corrected chi connectivity index (χ3v) is 3.77. The SMILES string of the molecule is CNC(C)CCCC1CCOc2ccccc21. The van der Waals surface area contributed by atoms with E-state index in [1.165, 1.54) is 31.2 Å². The van der Waals surface area contributed by atoms with Crippen LogP contribution >= 0.6 is 0 Å². The smallest absolute Gasteiger partial charge is 0.122 e. The molecule has 0 saturated carbocycles. The van der Waals surface area contributed by atoms with Gasteiger partial charge in [0.2, 0.25) is 0 Å². The van der Waals surface area contributed by atoms with E-state index >= 15 is 0 Å². The van der Waals surface area contributed by atoms with Crippen molar-refractivity contribution in [2.75, 3.05) is 13.7 Å². The molecular formula is C15H23NO. The second-order valence-corrected chi connectivity index (χ2v) is 4.99. The molecule has 1 heterocycles. The van der Waals surface area contributed by atoms with E-state index in [1.54, 1.807) is 0 Å². The van der Waals surface area contributed by atoms with Gasteiger partial charge in [-0.2, -0.15) is 0 Å². The Kier molecular flexibility index (Phi) is 4.43. The molecule has 0 amide bonds. The summed E-state index contributed by atoms with van der Waals surface area (Å²) >= 11 is 0. The van der Waals surface area contributed by atoms with E-state index in [-0.39, 0.29) is 0 Å². The highest BCUT2D eigenvalue weighted by Crippen LogP contribution is 2.36. The fourth-order valence-corrected chi connectivity index (χ4v) is 2.53. The van der Waals surface area contributed by atoms with Crippen LogP contribution in [-0.4, -0.2) is 19.7 Å². The van der Waals surface area contributed by atoms with Crippen molar-refractivity contribution >= 4 is 0 Å². The van der Waals surface area contributed by atoms with Gasteiger partial charge in [0.1, 0.15) is 5.75 Å². The molecule has 0 radical (unpaired) electrons. The molecule has 94 valence electrons. The van der Waals surface area contributed by atoms with E-state index in [0.29, 0.717) is 12.0 Å². The molecule has 1 N–H and O–H groups in total. The van der Waals surface area contributed by atoms with Crippen LogP contribution < -0.4 is 10.1 Å². The zero-order valence-corrected chi connectivity index (χ0v) is 10.9. The lowest BCUT2D eigenvalue weighted by Gasteiger charge is -2.26. The maximum atomic E-state index is 5.69. The van der Waals surface area contributed by atoms with Gasteiger partial charge in [-0.1, -0.05) is 24.6 Å². The van der Waals surface area contributed by atoms with Crippen molar-refractivity contribution in [2.45, 2.75) is 44.6 Å². The zero-order valence-electron chi connectivity index (χ0n) is 10.9. The molecule has 2 rings (SSSR count). The second kappa shape index (κ2) is 6.06. The van der Waals surface area contributed by atoms with Crippen LogP contribution in [0.5, 0.6) is 5.75 Å². The highest BCUT2D eigenvalue weighted by atomic mass is 16.5. The molecule has 2 heteroatoms. The summed E-state index contributed by atoms with van der Waals surface area (Å²) in [5, 5.41) is 3.30. The van der Waals surface area contributed by atoms with Crippen LogP contribution in [-0.2, 0) is 0 Å². The summed E-state index contributed by atoms with van der Waals surface area (Å²) in [5.74, 6) is 1.80. The molecule has 0 aliphatic carbocycles. The number of para-hydroxylation sites is 1. The summed E-state index contributed by atoms with van der Waals surface area (Å²) in [6.07, 6.45) is 5.01. The van der Waals surface area contributed by atoms with E-state index < -0.39 is 0 Å². The molecule has 0 aromatic heterocycles. The molecule has 1 aliphatic rings. The number of hydrogen-bond acceptors (Lipinski definition) is 2. The molecule has 0 spiro atoms. The number of fused-ring (bicyclic) bond motifs is 1. The first-order chi connectivity index (χ1) is 8.31. The fourth-order valence-electron chi connectivity index (χ4n) is 2.53. The highest BCUT2D eigenvalue weighted by Gasteiger charge is 2.20. The molecule has 1 aliphatic heterocycles. The molecule has 0 saturated heterocycles. The first-order valence-corrected chi connectivity index (χ1v) is 6.70. The topological polar surface area (TPSA) is 21.3 Å². The minimum atomic E-state index is 0.630. The Morgan fingerprint density at radius 2 is 2.24 bits per heavy atom. The first kappa shape index (κ1) is 12.4. The Bertz CT molecular complexity index is 351. The Labute approximate surface area is 104 Å². The van der Waals surface area contributed by atoms with E-state index in [4.69, 9.17) is 4.74 Å². The molecule has 0 fully saturated rings. The predicted molar refractivity (Wildman–Crippen MR) is 71.7 cm³/mol. The number of rotatable bonds is 5. The molecule has 2 unspecified atom stereocenters. The summed E-state index contributed by atoms with van der Waals surface area (Å²) < 4.78 is 5.69. The van der Waals surface area contributed by atoms with Gasteiger partial charge in [-0.05, 0) is 50.8 Å². The minimum absolute atomic E-state index is 0.630. The molecule has 1 aromatic rings. The molecule has 0 bridgehead atoms. The van der Waals surface area contributed by atoms with Gasteiger partial charge in [-0.15, -0.1) is 0 Å². The van der Waals surface area contributed by atoms with Crippen LogP contribution in [0.2, 0.25) is 0 Å². The van der Waals surface area contributed by atoms with Gasteiger partial charge >= 0.3 is 0 Å². The minimum Gasteiger partial charge on any atom is -0.493 e. The Morgan fingerprint density at radius 3 is 3.06 bits per heavy atom. The van der Waals surface area contributed by atoms with Gasteiger partial charge in [0.05, 0.1) is 6.61 Å². The predicted octanol–water partition coefficient (Wildman–Crippen LogP) is 3.33. The zero-order chi connectivity index (χ0) is 12.1. The Hall–Kier alpha value is -1.02. The quantitative estimate of drug-likeness (QED) is 0.842. The third kappa shape index (κ3) is 3.22. The van der Waals surface area contributed by atoms with Crippen molar-refractivity contribution in [1.82, 2.24) is 5.32 Å². The van der Waals surface area contributed by atoms with Crippen LogP contribution in [0.25, 0.3) is 0 Å². The summed E-state index contributed by atoms with van der Waals surface area (Å²) in [6, 6.07) is 9.13. The maximum Gasteiger partial charge on any atom is 0.122 e. The van der Waals surface area contributed by atoms with Gasteiger partial charge in [0.25, 0.3) is 0 Å². The van der Waals surface area contributed by atoms with Crippen LogP contribution in [0.15, 0.2) is 24.3 Å². The van der Waals surface area contributed by atoms with E-state index in [1.807, 2.05) is 7.05 Å². The highest BCUT2D eigenvalue weighted by molar-refractivity contribution is 5.37. The first-order valence-electron chi connectivity index (χ1n) is 6.70. The maximum absolute atomic E-state index is 5.69. The van der Waals surface area contributed by atoms with Crippen molar-refractivity contribution < 1.29 is 4.74 Å². The normalized spacial score (nSPS) is 20.5. The summed E-state index contributed by atoms with van der Waals surface area (Å²) in [7, 11) is 2.04. The van der Waals surface area contributed by atoms with Gasteiger partial charge in [-0.3, -0.25) is 0 Å². The van der Waals surface area contributed by atoms with Gasteiger partial charge in [0.15, 0.2) is 0 Å². The van der Waals surface area contributed by atoms with Crippen LogP contribution in [0.4, 0.5) is 0 Å². The molecular weight excluding hydrogens is 210 g/mol. The van der Waals surface area contributed by atoms with Crippen molar-refractivity contribution in [2.24, 2.45) is 0 Å². The van der Waals surface area contributed by atoms with Gasteiger partial charge in [-0.25, -0.2) is 0 Å². The molecule has 2 nitrogen and oxygen atoms in total. The van der Waals surface area contributed by atoms with Crippen LogP contribution in [0.1, 0.15) is 44.1 Å². The van der Waals surface area contributed by atoms with Crippen LogP contribution in [0.3, 0.4) is 0 Å². The third-order valence-electron chi connectivity index (χ3n) is 3.77. The monoisotopic (exact) mass is 233 g/mol. The second-order valence-electron chi connectivity index (χ2n) is 4.99. The number of ether oxygens (including phenoxy) is 1. The largest absolute Gasteiger partial charge is 0.493 e. The average molecular weight is 233 g/mol. The lowest BCUT2D eigenvalue weighted by molar-refractivity contribution is 0.260. The Balaban J connectivity index is 1.90.